The van der Waals surface area contributed by atoms with Crippen molar-refractivity contribution in [2.45, 2.75) is 73.3 Å². The molecule has 0 unspecified atom stereocenters. The molecule has 1 aromatic heterocycles. The van der Waals surface area contributed by atoms with Crippen LogP contribution in [0.3, 0.4) is 0 Å². The number of nitrogens with zero attached hydrogens (tertiary/aromatic N) is 5. The number of nitrogens with two attached hydrogens (primary N) is 1. The molecule has 3 atom stereocenters. The van der Waals surface area contributed by atoms with E-state index in [0.29, 0.717) is 22.3 Å². The maximum absolute atomic E-state index is 14.8. The van der Waals surface area contributed by atoms with Gasteiger partial charge in [0, 0.05) is 19.4 Å². The third-order valence-corrected chi connectivity index (χ3v) is 14.6. The quantitative estimate of drug-likeness (QED) is 0.0188. The number of hydrogen-bond donors (Lipinski definition) is 3. The smallest absolute Gasteiger partial charge is 0.413 e. The minimum atomic E-state index is -1.79. The van der Waals surface area contributed by atoms with Gasteiger partial charge in [0.2, 0.25) is 16.4 Å². The molecular weight excluding hydrogens is 960 g/mol. The molecule has 70 heavy (non-hydrogen) atoms. The lowest BCUT2D eigenvalue weighted by molar-refractivity contribution is -0.164. The number of urea groups is 1. The van der Waals surface area contributed by atoms with Crippen LogP contribution in [0.25, 0.3) is 0 Å². The molecule has 1 saturated carbocycles. The fourth-order valence-electron chi connectivity index (χ4n) is 8.14. The summed E-state index contributed by atoms with van der Waals surface area (Å²) in [4.78, 5) is 95.2. The van der Waals surface area contributed by atoms with Gasteiger partial charge in [0.25, 0.3) is 5.91 Å². The van der Waals surface area contributed by atoms with Crippen molar-refractivity contribution in [2.75, 3.05) is 25.0 Å². The van der Waals surface area contributed by atoms with E-state index in [1.165, 1.54) is 9.80 Å². The fourth-order valence-corrected chi connectivity index (χ4v) is 10.9. The number of β-lactam (4-membered cyclic amide) rings is 1. The van der Waals surface area contributed by atoms with Gasteiger partial charge in [-0.1, -0.05) is 161 Å². The second-order valence-corrected chi connectivity index (χ2v) is 20.8. The molecule has 1 aliphatic carbocycles. The second kappa shape index (κ2) is 19.4. The number of hydrogen-bond acceptors (Lipinski definition) is 15. The summed E-state index contributed by atoms with van der Waals surface area (Å²) in [6.07, 6.45) is -2.15. The van der Waals surface area contributed by atoms with Gasteiger partial charge in [-0.25, -0.2) is 30.0 Å². The van der Waals surface area contributed by atoms with Crippen LogP contribution in [0.4, 0.5) is 14.7 Å². The van der Waals surface area contributed by atoms with Crippen LogP contribution in [-0.4, -0.2) is 109 Å². The standard InChI is InChI=1S/C49H47ClN8O10S2/c1-47(2,3)67-45(63)54-44-53-33(38(50)69-44)34(55-68-48(24-25-48)42(61)65-36(29-16-8-4-9-17-29)30-18-10-5-11-19-30)39(59)52-35-40(60)56-28-49(70-41(35)56,57-26-27-58(51)46(57)64)43(62)66-37(31-20-12-6-13-21-31)32-22-14-7-15-23-32/h4-23,35-37,41H,24-28,51H2,1-3H3,(H,52,59)(H,53,54,63)/b55-34-/t35-,41-,49-/m1/s1. The largest absolute Gasteiger partial charge is 0.450 e. The molecule has 9 rings (SSSR count). The Morgan fingerprint density at radius 3 is 1.79 bits per heavy atom. The number of ether oxygens (including phenoxy) is 3. The number of carbonyl (C=O) groups excluding carboxylic acids is 6. The van der Waals surface area contributed by atoms with Crippen molar-refractivity contribution in [1.29, 1.82) is 0 Å². The van der Waals surface area contributed by atoms with Gasteiger partial charge in [-0.05, 0) is 43.0 Å². The van der Waals surface area contributed by atoms with Gasteiger partial charge in [-0.15, -0.1) is 0 Å². The molecule has 4 heterocycles. The Labute approximate surface area is 415 Å². The number of benzene rings is 4. The Bertz CT molecular complexity index is 2750. The third kappa shape index (κ3) is 9.76. The number of anilines is 1. The number of rotatable bonds is 15. The highest BCUT2D eigenvalue weighted by atomic mass is 35.5. The molecule has 5 amide bonds. The van der Waals surface area contributed by atoms with Crippen molar-refractivity contribution in [3.05, 3.63) is 154 Å². The number of thiazole rings is 1. The first-order chi connectivity index (χ1) is 33.6. The van der Waals surface area contributed by atoms with Crippen LogP contribution < -0.4 is 16.5 Å². The summed E-state index contributed by atoms with van der Waals surface area (Å²) < 4.78 is 17.7. The van der Waals surface area contributed by atoms with Crippen LogP contribution in [0.1, 0.15) is 73.8 Å². The van der Waals surface area contributed by atoms with Crippen molar-refractivity contribution in [2.24, 2.45) is 11.0 Å². The Hall–Kier alpha value is -7.00. The first kappa shape index (κ1) is 48.0. The summed E-state index contributed by atoms with van der Waals surface area (Å²) in [6.45, 7) is 4.91. The van der Waals surface area contributed by atoms with Crippen LogP contribution in [-0.2, 0) is 38.2 Å². The van der Waals surface area contributed by atoms with Crippen molar-refractivity contribution in [3.8, 4) is 0 Å². The van der Waals surface area contributed by atoms with Gasteiger partial charge >= 0.3 is 24.1 Å². The van der Waals surface area contributed by atoms with Gasteiger partial charge in [-0.3, -0.25) is 24.8 Å². The number of hydrazine groups is 1. The summed E-state index contributed by atoms with van der Waals surface area (Å²) in [5, 5.41) is 9.45. The third-order valence-electron chi connectivity index (χ3n) is 11.8. The molecule has 4 fully saturated rings. The molecule has 362 valence electrons. The molecule has 3 saturated heterocycles. The van der Waals surface area contributed by atoms with Gasteiger partial charge in [0.15, 0.2) is 23.1 Å². The molecule has 18 nitrogen and oxygen atoms in total. The van der Waals surface area contributed by atoms with E-state index in [0.717, 1.165) is 28.1 Å². The molecule has 0 radical (unpaired) electrons. The molecule has 4 N–H and O–H groups in total. The molecule has 4 aromatic carbocycles. The van der Waals surface area contributed by atoms with Crippen molar-refractivity contribution in [3.63, 3.8) is 0 Å². The van der Waals surface area contributed by atoms with Crippen LogP contribution in [0.2, 0.25) is 4.34 Å². The highest BCUT2D eigenvalue weighted by molar-refractivity contribution is 8.02. The number of esters is 2. The number of halogens is 1. The first-order valence-corrected chi connectivity index (χ1v) is 24.3. The minimum Gasteiger partial charge on any atom is -0.450 e. The number of nitrogens with one attached hydrogen (secondary N) is 2. The number of thioether (sulfide) groups is 1. The van der Waals surface area contributed by atoms with Crippen LogP contribution in [0.15, 0.2) is 126 Å². The highest BCUT2D eigenvalue weighted by Gasteiger charge is 2.67. The predicted octanol–water partition coefficient (Wildman–Crippen LogP) is 6.77. The number of amides is 5. The van der Waals surface area contributed by atoms with E-state index in [1.807, 2.05) is 121 Å². The Morgan fingerprint density at radius 1 is 0.800 bits per heavy atom. The average Bonchev–Trinajstić information content (AvgIpc) is 3.79. The minimum absolute atomic E-state index is 0.0440. The summed E-state index contributed by atoms with van der Waals surface area (Å²) in [7, 11) is 0. The fraction of sp³-hybridized carbons (Fsp3) is 0.306. The van der Waals surface area contributed by atoms with Crippen LogP contribution >= 0.6 is 34.7 Å². The number of oxime groups is 1. The Kier molecular flexibility index (Phi) is 13.3. The summed E-state index contributed by atoms with van der Waals surface area (Å²) in [5.41, 5.74) is -0.474. The van der Waals surface area contributed by atoms with E-state index in [4.69, 9.17) is 36.5 Å². The van der Waals surface area contributed by atoms with E-state index in [2.05, 4.69) is 20.8 Å². The van der Waals surface area contributed by atoms with Gasteiger partial charge < -0.3 is 29.3 Å². The zero-order chi connectivity index (χ0) is 49.4. The first-order valence-electron chi connectivity index (χ1n) is 22.2. The van der Waals surface area contributed by atoms with Gasteiger partial charge in [0.05, 0.1) is 13.1 Å². The van der Waals surface area contributed by atoms with E-state index in [9.17, 15) is 28.8 Å². The van der Waals surface area contributed by atoms with E-state index < -0.39 is 81.3 Å². The number of fused-ring (bicyclic) bond motifs is 1. The maximum Gasteiger partial charge on any atom is 0.413 e. The lowest BCUT2D eigenvalue weighted by Gasteiger charge is -2.41. The van der Waals surface area contributed by atoms with Crippen LogP contribution in [0.5, 0.6) is 0 Å². The zero-order valence-electron chi connectivity index (χ0n) is 38.0. The monoisotopic (exact) mass is 1010 g/mol. The topological polar surface area (TPSA) is 224 Å². The number of aromatic nitrogens is 1. The summed E-state index contributed by atoms with van der Waals surface area (Å²) >= 11 is 8.48. The van der Waals surface area contributed by atoms with Crippen LogP contribution in [0, 0.1) is 0 Å². The molecule has 21 heteroatoms. The second-order valence-electron chi connectivity index (χ2n) is 17.8. The molecular formula is C49H47ClN8O10S2. The van der Waals surface area contributed by atoms with Gasteiger partial charge in [0.1, 0.15) is 27.0 Å². The molecule has 4 aliphatic rings. The van der Waals surface area contributed by atoms with Crippen molar-refractivity contribution >= 4 is 81.4 Å². The number of carbonyl (C=O) groups is 6. The average molecular weight is 1010 g/mol. The van der Waals surface area contributed by atoms with E-state index >= 15 is 0 Å². The molecule has 0 bridgehead atoms. The molecule has 0 spiro atoms. The highest BCUT2D eigenvalue weighted by Crippen LogP contribution is 2.51. The zero-order valence-corrected chi connectivity index (χ0v) is 40.4. The normalized spacial score (nSPS) is 20.4. The lowest BCUT2D eigenvalue weighted by atomic mass is 10.0. The van der Waals surface area contributed by atoms with E-state index in [1.54, 1.807) is 20.8 Å². The Morgan fingerprint density at radius 2 is 1.31 bits per heavy atom. The predicted molar refractivity (Wildman–Crippen MR) is 259 cm³/mol. The van der Waals surface area contributed by atoms with Gasteiger partial charge in [-0.2, -0.15) is 0 Å². The summed E-state index contributed by atoms with van der Waals surface area (Å²) in [6, 6.07) is 34.6. The Balaban J connectivity index is 0.998. The van der Waals surface area contributed by atoms with Crippen molar-refractivity contribution < 1.29 is 47.8 Å². The maximum atomic E-state index is 14.8. The SMILES string of the molecule is CC(C)(C)OC(=O)Nc1nc(/C(=N/OC2(C(=O)OC(c3ccccc3)c3ccccc3)CC2)C(=O)N[C@@H]2C(=O)N3C[C@@](C(=O)OC(c4ccccc4)c4ccccc4)(N4CCN(N)C4=O)S[C@H]23)c(Cl)s1. The van der Waals surface area contributed by atoms with Crippen molar-refractivity contribution in [1.82, 2.24) is 25.1 Å². The lowest BCUT2D eigenvalue weighted by Crippen LogP contribution is -2.68. The molecule has 3 aliphatic heterocycles. The summed E-state index contributed by atoms with van der Waals surface area (Å²) in [5.74, 6) is 2.93. The molecule has 5 aromatic rings. The van der Waals surface area contributed by atoms with E-state index in [-0.39, 0.29) is 47.6 Å².